The first-order valence-corrected chi connectivity index (χ1v) is 7.10. The van der Waals surface area contributed by atoms with Crippen molar-refractivity contribution in [2.75, 3.05) is 12.4 Å². The molecule has 0 aliphatic rings. The van der Waals surface area contributed by atoms with E-state index in [0.717, 1.165) is 18.2 Å². The molecule has 1 aromatic carbocycles. The van der Waals surface area contributed by atoms with E-state index in [9.17, 15) is 4.79 Å². The van der Waals surface area contributed by atoms with E-state index in [1.54, 1.807) is 12.1 Å². The molecule has 0 aliphatic heterocycles. The first kappa shape index (κ1) is 14.8. The molecule has 0 aromatic heterocycles. The van der Waals surface area contributed by atoms with E-state index in [2.05, 4.69) is 15.9 Å². The number of ketones is 1. The van der Waals surface area contributed by atoms with Gasteiger partial charge in [0.1, 0.15) is 5.75 Å². The summed E-state index contributed by atoms with van der Waals surface area (Å²) in [6, 6.07) is 3.14. The second-order valence-corrected chi connectivity index (χ2v) is 5.14. The summed E-state index contributed by atoms with van der Waals surface area (Å²) in [5, 5.41) is 1.69. The first-order chi connectivity index (χ1) is 8.10. The van der Waals surface area contributed by atoms with Gasteiger partial charge in [-0.1, -0.05) is 39.1 Å². The van der Waals surface area contributed by atoms with Crippen LogP contribution in [0, 0.1) is 0 Å². The molecule has 0 radical (unpaired) electrons. The highest BCUT2D eigenvalue weighted by molar-refractivity contribution is 9.09. The van der Waals surface area contributed by atoms with Crippen molar-refractivity contribution < 1.29 is 9.53 Å². The van der Waals surface area contributed by atoms with Gasteiger partial charge < -0.3 is 4.74 Å². The Morgan fingerprint density at radius 2 is 2.00 bits per heavy atom. The minimum Gasteiger partial charge on any atom is -0.495 e. The monoisotopic (exact) mass is 338 g/mol. The lowest BCUT2D eigenvalue weighted by atomic mass is 10.1. The van der Waals surface area contributed by atoms with Crippen molar-refractivity contribution in [2.45, 2.75) is 19.3 Å². The van der Waals surface area contributed by atoms with E-state index in [4.69, 9.17) is 27.9 Å². The highest BCUT2D eigenvalue weighted by atomic mass is 79.9. The fourth-order valence-corrected chi connectivity index (χ4v) is 2.38. The summed E-state index contributed by atoms with van der Waals surface area (Å²) in [4.78, 5) is 11.9. The summed E-state index contributed by atoms with van der Waals surface area (Å²) in [7, 11) is 1.51. The van der Waals surface area contributed by atoms with Gasteiger partial charge in [0.2, 0.25) is 0 Å². The molecule has 0 heterocycles. The van der Waals surface area contributed by atoms with E-state index in [1.807, 2.05) is 0 Å². The fourth-order valence-electron chi connectivity index (χ4n) is 1.41. The van der Waals surface area contributed by atoms with Gasteiger partial charge in [0, 0.05) is 17.3 Å². The fraction of sp³-hybridized carbons (Fsp3) is 0.417. The lowest BCUT2D eigenvalue weighted by Gasteiger charge is -2.08. The number of rotatable bonds is 6. The molecule has 17 heavy (non-hydrogen) atoms. The van der Waals surface area contributed by atoms with Crippen molar-refractivity contribution in [3.05, 3.63) is 27.7 Å². The van der Waals surface area contributed by atoms with Crippen LogP contribution in [0.1, 0.15) is 29.6 Å². The number of carbonyl (C=O) groups is 1. The van der Waals surface area contributed by atoms with Gasteiger partial charge in [0.05, 0.1) is 17.2 Å². The average Bonchev–Trinajstić information content (AvgIpc) is 2.29. The summed E-state index contributed by atoms with van der Waals surface area (Å²) >= 11 is 15.2. The quantitative estimate of drug-likeness (QED) is 0.424. The first-order valence-electron chi connectivity index (χ1n) is 5.22. The zero-order valence-corrected chi connectivity index (χ0v) is 12.5. The van der Waals surface area contributed by atoms with Crippen LogP contribution in [-0.2, 0) is 0 Å². The summed E-state index contributed by atoms with van der Waals surface area (Å²) in [5.41, 5.74) is 0.475. The number of Topliss-reactive ketones (excluding diaryl/α,β-unsaturated/α-hetero) is 1. The molecule has 0 spiro atoms. The predicted octanol–water partition coefficient (Wildman–Crippen LogP) is 4.75. The molecule has 0 aliphatic carbocycles. The van der Waals surface area contributed by atoms with E-state index in [1.165, 1.54) is 7.11 Å². The average molecular weight is 340 g/mol. The van der Waals surface area contributed by atoms with E-state index in [0.29, 0.717) is 27.8 Å². The molecule has 0 atom stereocenters. The summed E-state index contributed by atoms with van der Waals surface area (Å²) in [6.45, 7) is 0. The molecule has 0 N–H and O–H groups in total. The third-order valence-corrected chi connectivity index (χ3v) is 3.50. The molecular weight excluding hydrogens is 327 g/mol. The van der Waals surface area contributed by atoms with E-state index >= 15 is 0 Å². The molecule has 0 bridgehead atoms. The van der Waals surface area contributed by atoms with Gasteiger partial charge in [-0.05, 0) is 25.0 Å². The van der Waals surface area contributed by atoms with Crippen LogP contribution in [0.2, 0.25) is 10.0 Å². The Balaban J connectivity index is 2.85. The summed E-state index contributed by atoms with van der Waals surface area (Å²) in [6.07, 6.45) is 2.29. The van der Waals surface area contributed by atoms with Crippen LogP contribution in [0.4, 0.5) is 0 Å². The van der Waals surface area contributed by atoms with Gasteiger partial charge in [-0.3, -0.25) is 4.79 Å². The van der Waals surface area contributed by atoms with Crippen molar-refractivity contribution in [1.82, 2.24) is 0 Å². The standard InChI is InChI=1S/C12H13BrCl2O2/c1-17-12-6-8(9(14)7-10(12)15)11(16)4-2-3-5-13/h6-7H,2-5H2,1H3. The lowest BCUT2D eigenvalue weighted by molar-refractivity contribution is 0.0980. The largest absolute Gasteiger partial charge is 0.495 e. The highest BCUT2D eigenvalue weighted by Crippen LogP contribution is 2.31. The van der Waals surface area contributed by atoms with Crippen molar-refractivity contribution in [3.8, 4) is 5.75 Å². The third-order valence-electron chi connectivity index (χ3n) is 2.33. The molecule has 1 aromatic rings. The number of hydrogen-bond donors (Lipinski definition) is 0. The smallest absolute Gasteiger partial charge is 0.164 e. The zero-order valence-electron chi connectivity index (χ0n) is 9.43. The second kappa shape index (κ2) is 7.24. The summed E-state index contributed by atoms with van der Waals surface area (Å²) < 4.78 is 5.07. The molecule has 0 saturated heterocycles. The van der Waals surface area contributed by atoms with Crippen LogP contribution in [0.15, 0.2) is 12.1 Å². The van der Waals surface area contributed by atoms with E-state index in [-0.39, 0.29) is 5.78 Å². The van der Waals surface area contributed by atoms with Gasteiger partial charge in [0.25, 0.3) is 0 Å². The molecular formula is C12H13BrCl2O2. The highest BCUT2D eigenvalue weighted by Gasteiger charge is 2.14. The minimum absolute atomic E-state index is 0.0194. The maximum absolute atomic E-state index is 11.9. The number of benzene rings is 1. The van der Waals surface area contributed by atoms with Crippen LogP contribution < -0.4 is 4.74 Å². The van der Waals surface area contributed by atoms with Crippen LogP contribution >= 0.6 is 39.1 Å². The number of carbonyl (C=O) groups excluding carboxylic acids is 1. The zero-order chi connectivity index (χ0) is 12.8. The van der Waals surface area contributed by atoms with Crippen molar-refractivity contribution in [3.63, 3.8) is 0 Å². The lowest BCUT2D eigenvalue weighted by Crippen LogP contribution is -2.01. The van der Waals surface area contributed by atoms with Gasteiger partial charge in [-0.15, -0.1) is 0 Å². The topological polar surface area (TPSA) is 26.3 Å². The van der Waals surface area contributed by atoms with Gasteiger partial charge in [0.15, 0.2) is 5.78 Å². The number of hydrogen-bond acceptors (Lipinski definition) is 2. The number of alkyl halides is 1. The summed E-state index contributed by atoms with van der Waals surface area (Å²) in [5.74, 6) is 0.492. The number of halogens is 3. The molecule has 0 unspecified atom stereocenters. The number of unbranched alkanes of at least 4 members (excludes halogenated alkanes) is 1. The SMILES string of the molecule is COc1cc(C(=O)CCCCBr)c(Cl)cc1Cl. The van der Waals surface area contributed by atoms with Crippen LogP contribution in [0.5, 0.6) is 5.75 Å². The molecule has 5 heteroatoms. The predicted molar refractivity (Wildman–Crippen MR) is 75.0 cm³/mol. The van der Waals surface area contributed by atoms with E-state index < -0.39 is 0 Å². The van der Waals surface area contributed by atoms with Gasteiger partial charge in [-0.2, -0.15) is 0 Å². The Hall–Kier alpha value is -0.250. The Labute approximate surface area is 119 Å². The Morgan fingerprint density at radius 1 is 1.29 bits per heavy atom. The molecule has 0 saturated carbocycles. The number of methoxy groups -OCH3 is 1. The van der Waals surface area contributed by atoms with Crippen molar-refractivity contribution in [2.24, 2.45) is 0 Å². The Kier molecular flexibility index (Phi) is 6.31. The number of ether oxygens (including phenoxy) is 1. The maximum Gasteiger partial charge on any atom is 0.164 e. The maximum atomic E-state index is 11.9. The van der Waals surface area contributed by atoms with Gasteiger partial charge in [-0.25, -0.2) is 0 Å². The third kappa shape index (κ3) is 4.16. The van der Waals surface area contributed by atoms with Crippen molar-refractivity contribution in [1.29, 1.82) is 0 Å². The Bertz CT molecular complexity index is 408. The molecule has 94 valence electrons. The van der Waals surface area contributed by atoms with Crippen LogP contribution in [-0.4, -0.2) is 18.2 Å². The van der Waals surface area contributed by atoms with Crippen molar-refractivity contribution >= 4 is 44.9 Å². The molecule has 0 amide bonds. The second-order valence-electron chi connectivity index (χ2n) is 3.54. The molecule has 0 fully saturated rings. The molecule has 2 nitrogen and oxygen atoms in total. The van der Waals surface area contributed by atoms with Crippen LogP contribution in [0.3, 0.4) is 0 Å². The van der Waals surface area contributed by atoms with Crippen LogP contribution in [0.25, 0.3) is 0 Å². The van der Waals surface area contributed by atoms with Gasteiger partial charge >= 0.3 is 0 Å². The normalized spacial score (nSPS) is 10.4. The Morgan fingerprint density at radius 3 is 2.59 bits per heavy atom. The molecule has 1 rings (SSSR count). The minimum atomic E-state index is 0.0194.